The van der Waals surface area contributed by atoms with E-state index in [-0.39, 0.29) is 0 Å². The third kappa shape index (κ3) is 4.21. The van der Waals surface area contributed by atoms with E-state index in [0.29, 0.717) is 0 Å². The van der Waals surface area contributed by atoms with Crippen LogP contribution >= 0.6 is 0 Å². The molecule has 248 valence electrons. The van der Waals surface area contributed by atoms with E-state index in [0.717, 1.165) is 11.4 Å². The van der Waals surface area contributed by atoms with Gasteiger partial charge in [0.1, 0.15) is 0 Å². The number of fused-ring (bicyclic) bond motifs is 11. The molecule has 2 heterocycles. The average Bonchev–Trinajstić information content (AvgIpc) is 3.73. The summed E-state index contributed by atoms with van der Waals surface area (Å²) in [5.41, 5.74) is 17.8. The second kappa shape index (κ2) is 11.6. The Morgan fingerprint density at radius 1 is 0.358 bits per heavy atom. The van der Waals surface area contributed by atoms with Crippen molar-refractivity contribution in [3.63, 3.8) is 0 Å². The molecule has 0 N–H and O–H groups in total. The Hall–Kier alpha value is -6.90. The van der Waals surface area contributed by atoms with E-state index in [4.69, 9.17) is 0 Å². The smallest absolute Gasteiger partial charge is 0.0911 e. The van der Waals surface area contributed by atoms with Crippen LogP contribution in [0, 0.1) is 0 Å². The first-order chi connectivity index (χ1) is 26.3. The molecule has 1 aliphatic carbocycles. The lowest BCUT2D eigenvalue weighted by Crippen LogP contribution is -2.37. The number of aromatic nitrogens is 1. The van der Waals surface area contributed by atoms with Gasteiger partial charge in [-0.05, 0) is 92.5 Å². The van der Waals surface area contributed by atoms with Crippen LogP contribution in [0.5, 0.6) is 0 Å². The van der Waals surface area contributed by atoms with Crippen molar-refractivity contribution < 1.29 is 0 Å². The van der Waals surface area contributed by atoms with Gasteiger partial charge < -0.3 is 9.47 Å². The number of rotatable bonds is 4. The molecule has 0 saturated carbocycles. The summed E-state index contributed by atoms with van der Waals surface area (Å²) in [6, 6.07) is 75.8. The summed E-state index contributed by atoms with van der Waals surface area (Å²) >= 11 is 0. The van der Waals surface area contributed by atoms with Crippen LogP contribution in [0.4, 0.5) is 17.1 Å². The van der Waals surface area contributed by atoms with Crippen LogP contribution in [0.3, 0.4) is 0 Å². The standard InChI is InChI=1S/C51H34N2/c1-4-18-35(19-5-1)37-32-38(36-20-6-2-7-21-36)34-40(33-37)53-47-30-16-12-26-43(47)49-50(53)51(44-27-13-10-24-41(44)42-25-11-14-28-45(42)51)46-29-15-17-31-48(46)52(49)39-22-8-3-9-23-39/h1-34H. The van der Waals surface area contributed by atoms with Crippen molar-refractivity contribution in [3.8, 4) is 39.1 Å². The molecule has 1 aromatic heterocycles. The molecule has 0 unspecified atom stereocenters. The first-order valence-corrected chi connectivity index (χ1v) is 18.4. The first-order valence-electron chi connectivity index (χ1n) is 18.4. The molecule has 0 saturated heterocycles. The molecular formula is C51H34N2. The van der Waals surface area contributed by atoms with E-state index in [1.165, 1.54) is 78.0 Å². The van der Waals surface area contributed by atoms with Crippen molar-refractivity contribution in [1.82, 2.24) is 4.57 Å². The molecule has 2 nitrogen and oxygen atoms in total. The Bertz CT molecular complexity index is 2730. The van der Waals surface area contributed by atoms with Crippen LogP contribution in [0.25, 0.3) is 50.0 Å². The quantitative estimate of drug-likeness (QED) is 0.180. The normalized spacial score (nSPS) is 13.4. The minimum absolute atomic E-state index is 0.598. The Morgan fingerprint density at radius 3 is 1.47 bits per heavy atom. The predicted octanol–water partition coefficient (Wildman–Crippen LogP) is 13.1. The number of hydrogen-bond donors (Lipinski definition) is 0. The summed E-state index contributed by atoms with van der Waals surface area (Å²) in [5.74, 6) is 0. The Labute approximate surface area is 309 Å². The van der Waals surface area contributed by atoms with Crippen molar-refractivity contribution in [3.05, 3.63) is 229 Å². The fraction of sp³-hybridized carbons (Fsp3) is 0.0196. The summed E-state index contributed by atoms with van der Waals surface area (Å²) in [6.45, 7) is 0. The molecule has 0 amide bonds. The van der Waals surface area contributed by atoms with Gasteiger partial charge in [-0.25, -0.2) is 0 Å². The molecule has 0 fully saturated rings. The summed E-state index contributed by atoms with van der Waals surface area (Å²) in [6.07, 6.45) is 0. The highest BCUT2D eigenvalue weighted by Crippen LogP contribution is 2.65. The van der Waals surface area contributed by atoms with Crippen LogP contribution in [-0.4, -0.2) is 4.57 Å². The van der Waals surface area contributed by atoms with E-state index in [9.17, 15) is 0 Å². The summed E-state index contributed by atoms with van der Waals surface area (Å²) < 4.78 is 2.59. The van der Waals surface area contributed by atoms with Gasteiger partial charge in [0, 0.05) is 16.8 Å². The Kier molecular flexibility index (Phi) is 6.50. The van der Waals surface area contributed by atoms with Gasteiger partial charge in [0.25, 0.3) is 0 Å². The molecule has 2 aliphatic rings. The van der Waals surface area contributed by atoms with Crippen LogP contribution in [0.1, 0.15) is 22.4 Å². The zero-order valence-corrected chi connectivity index (χ0v) is 29.0. The van der Waals surface area contributed by atoms with Crippen LogP contribution in [-0.2, 0) is 5.41 Å². The third-order valence-electron chi connectivity index (χ3n) is 11.3. The van der Waals surface area contributed by atoms with Crippen molar-refractivity contribution >= 4 is 28.0 Å². The average molecular weight is 675 g/mol. The fourth-order valence-electron chi connectivity index (χ4n) is 9.26. The molecule has 0 atom stereocenters. The summed E-state index contributed by atoms with van der Waals surface area (Å²) in [5, 5.41) is 1.22. The number of nitrogens with zero attached hydrogens (tertiary/aromatic N) is 2. The van der Waals surface area contributed by atoms with Crippen LogP contribution in [0.2, 0.25) is 0 Å². The SMILES string of the molecule is c1ccc(-c2cc(-c3ccccc3)cc(-n3c4c(c5ccccc53)N(c3ccccc3)c3ccccc3C43c4ccccc4-c4ccccc43)c2)cc1. The molecular weight excluding hydrogens is 641 g/mol. The second-order valence-corrected chi connectivity index (χ2v) is 14.1. The van der Waals surface area contributed by atoms with Crippen molar-refractivity contribution in [2.45, 2.75) is 5.41 Å². The number of benzene rings is 8. The van der Waals surface area contributed by atoms with E-state index in [1.54, 1.807) is 0 Å². The van der Waals surface area contributed by atoms with E-state index >= 15 is 0 Å². The molecule has 1 spiro atoms. The number of hydrogen-bond acceptors (Lipinski definition) is 1. The van der Waals surface area contributed by atoms with Crippen LogP contribution in [0.15, 0.2) is 206 Å². The molecule has 0 radical (unpaired) electrons. The van der Waals surface area contributed by atoms with Crippen molar-refractivity contribution in [2.24, 2.45) is 0 Å². The number of anilines is 3. The lowest BCUT2D eigenvalue weighted by Gasteiger charge is -2.44. The lowest BCUT2D eigenvalue weighted by atomic mass is 9.67. The monoisotopic (exact) mass is 674 g/mol. The van der Waals surface area contributed by atoms with Crippen molar-refractivity contribution in [2.75, 3.05) is 4.90 Å². The van der Waals surface area contributed by atoms with Gasteiger partial charge in [-0.3, -0.25) is 0 Å². The molecule has 8 aromatic carbocycles. The molecule has 1 aliphatic heterocycles. The largest absolute Gasteiger partial charge is 0.310 e. The molecule has 0 bridgehead atoms. The van der Waals surface area contributed by atoms with E-state index in [1.807, 2.05) is 0 Å². The van der Waals surface area contributed by atoms with Gasteiger partial charge in [-0.15, -0.1) is 0 Å². The maximum absolute atomic E-state index is 2.59. The Balaban J connectivity index is 1.35. The highest BCUT2D eigenvalue weighted by atomic mass is 15.2. The second-order valence-electron chi connectivity index (χ2n) is 14.1. The molecule has 2 heteroatoms. The van der Waals surface area contributed by atoms with Crippen molar-refractivity contribution in [1.29, 1.82) is 0 Å². The number of para-hydroxylation sites is 3. The fourth-order valence-corrected chi connectivity index (χ4v) is 9.26. The van der Waals surface area contributed by atoms with Gasteiger partial charge in [0.2, 0.25) is 0 Å². The zero-order chi connectivity index (χ0) is 34.9. The first kappa shape index (κ1) is 29.8. The highest BCUT2D eigenvalue weighted by molar-refractivity contribution is 6.07. The van der Waals surface area contributed by atoms with Gasteiger partial charge in [-0.1, -0.05) is 164 Å². The zero-order valence-electron chi connectivity index (χ0n) is 29.0. The summed E-state index contributed by atoms with van der Waals surface area (Å²) in [7, 11) is 0. The highest BCUT2D eigenvalue weighted by Gasteiger charge is 2.54. The van der Waals surface area contributed by atoms with Gasteiger partial charge in [0.15, 0.2) is 0 Å². The topological polar surface area (TPSA) is 8.17 Å². The van der Waals surface area contributed by atoms with E-state index < -0.39 is 5.41 Å². The summed E-state index contributed by atoms with van der Waals surface area (Å²) in [4.78, 5) is 2.51. The van der Waals surface area contributed by atoms with Gasteiger partial charge in [-0.2, -0.15) is 0 Å². The maximum atomic E-state index is 2.59. The van der Waals surface area contributed by atoms with Gasteiger partial charge >= 0.3 is 0 Å². The minimum Gasteiger partial charge on any atom is -0.310 e. The lowest BCUT2D eigenvalue weighted by molar-refractivity contribution is 0.704. The van der Waals surface area contributed by atoms with E-state index in [2.05, 4.69) is 216 Å². The maximum Gasteiger partial charge on any atom is 0.0911 e. The van der Waals surface area contributed by atoms with Gasteiger partial charge in [0.05, 0.1) is 28.0 Å². The molecule has 11 rings (SSSR count). The molecule has 53 heavy (non-hydrogen) atoms. The Morgan fingerprint density at radius 2 is 0.849 bits per heavy atom. The predicted molar refractivity (Wildman–Crippen MR) is 220 cm³/mol. The van der Waals surface area contributed by atoms with Crippen LogP contribution < -0.4 is 4.90 Å². The molecule has 9 aromatic rings. The minimum atomic E-state index is -0.598. The third-order valence-corrected chi connectivity index (χ3v) is 11.3.